The van der Waals surface area contributed by atoms with Crippen molar-refractivity contribution in [1.29, 1.82) is 0 Å². The molecule has 0 N–H and O–H groups in total. The van der Waals surface area contributed by atoms with Crippen LogP contribution < -0.4 is 0 Å². The van der Waals surface area contributed by atoms with E-state index in [0.29, 0.717) is 6.04 Å². The number of likely N-dealkylation sites (N-methyl/N-ethyl adjacent to an activating group) is 1. The Hall–Kier alpha value is -0.341. The van der Waals surface area contributed by atoms with Crippen LogP contribution in [0.1, 0.15) is 18.6 Å². The fourth-order valence-corrected chi connectivity index (χ4v) is 2.76. The Morgan fingerprint density at radius 1 is 0.880 bits per heavy atom. The molecule has 25 heavy (non-hydrogen) atoms. The van der Waals surface area contributed by atoms with Crippen molar-refractivity contribution in [3.05, 3.63) is 99.6 Å². The quantitative estimate of drug-likeness (QED) is 0.692. The van der Waals surface area contributed by atoms with E-state index in [2.05, 4.69) is 68.8 Å². The molecule has 2 atom stereocenters. The zero-order valence-electron chi connectivity index (χ0n) is 15.2. The Bertz CT molecular complexity index is 421. The van der Waals surface area contributed by atoms with Gasteiger partial charge in [0.2, 0.25) is 0 Å². The maximum absolute atomic E-state index is 5.70. The van der Waals surface area contributed by atoms with Crippen LogP contribution in [-0.4, -0.2) is 31.6 Å². The first-order valence-electron chi connectivity index (χ1n) is 8.37. The van der Waals surface area contributed by atoms with Crippen LogP contribution in [0.15, 0.2) is 30.3 Å². The Labute approximate surface area is 166 Å². The minimum Gasteiger partial charge on any atom is -0.375 e. The third kappa shape index (κ3) is 7.83. The molecule has 10 radical (unpaired) electrons. The Balaban J connectivity index is 0.000000448. The molecule has 1 aromatic rings. The van der Waals surface area contributed by atoms with Crippen LogP contribution in [0.4, 0.5) is 0 Å². The van der Waals surface area contributed by atoms with Gasteiger partial charge in [-0.3, -0.25) is 0 Å². The van der Waals surface area contributed by atoms with E-state index in [9.17, 15) is 0 Å². The van der Waals surface area contributed by atoms with Crippen molar-refractivity contribution in [2.75, 3.05) is 20.7 Å². The third-order valence-electron chi connectivity index (χ3n) is 4.23. The van der Waals surface area contributed by atoms with Gasteiger partial charge in [0.1, 0.15) is 0 Å². The van der Waals surface area contributed by atoms with Crippen molar-refractivity contribution in [3.8, 4) is 0 Å². The van der Waals surface area contributed by atoms with E-state index in [1.165, 1.54) is 11.5 Å². The van der Waals surface area contributed by atoms with Crippen LogP contribution in [0.2, 0.25) is 0 Å². The largest absolute Gasteiger partial charge is 0.375 e. The minimum atomic E-state index is 0. The SMILES string of the molecule is CO[C@H](c1ccccc1)[C@H](C)N(C)C[C]1[CH][CH][CH][CH]1.[CH]1[CH][CH][CH][CH]1.[Fe]. The molecule has 2 saturated carbocycles. The zero-order valence-corrected chi connectivity index (χ0v) is 16.3. The fourth-order valence-electron chi connectivity index (χ4n) is 2.76. The molecule has 0 heterocycles. The van der Waals surface area contributed by atoms with Crippen molar-refractivity contribution < 1.29 is 21.8 Å². The molecule has 2 nitrogen and oxygen atoms in total. The second-order valence-electron chi connectivity index (χ2n) is 5.98. The molecule has 0 aromatic heterocycles. The van der Waals surface area contributed by atoms with Gasteiger partial charge < -0.3 is 9.64 Å². The molecule has 2 aliphatic rings. The second-order valence-corrected chi connectivity index (χ2v) is 5.98. The van der Waals surface area contributed by atoms with Gasteiger partial charge in [-0.05, 0) is 83.2 Å². The summed E-state index contributed by atoms with van der Waals surface area (Å²) in [5, 5.41) is 0. The van der Waals surface area contributed by atoms with E-state index in [1.807, 2.05) is 38.2 Å². The molecule has 2 aliphatic carbocycles. The summed E-state index contributed by atoms with van der Waals surface area (Å²) in [5.74, 6) is 1.34. The van der Waals surface area contributed by atoms with E-state index in [-0.39, 0.29) is 23.2 Å². The third-order valence-corrected chi connectivity index (χ3v) is 4.23. The summed E-state index contributed by atoms with van der Waals surface area (Å²) in [7, 11) is 3.93. The molecule has 1 aromatic carbocycles. The van der Waals surface area contributed by atoms with Gasteiger partial charge >= 0.3 is 0 Å². The second kappa shape index (κ2) is 12.9. The predicted molar refractivity (Wildman–Crippen MR) is 100 cm³/mol. The molecule has 0 spiro atoms. The monoisotopic (exact) mass is 377 g/mol. The van der Waals surface area contributed by atoms with Gasteiger partial charge in [-0.2, -0.15) is 0 Å². The van der Waals surface area contributed by atoms with Crippen LogP contribution in [0, 0.1) is 63.7 Å². The van der Waals surface area contributed by atoms with Crippen LogP contribution in [0.5, 0.6) is 0 Å². The summed E-state index contributed by atoms with van der Waals surface area (Å²) in [6.07, 6.45) is 18.6. The van der Waals surface area contributed by atoms with Gasteiger partial charge in [-0.25, -0.2) is 0 Å². The van der Waals surface area contributed by atoms with Crippen LogP contribution >= 0.6 is 0 Å². The minimum absolute atomic E-state index is 0. The number of hydrogen-bond donors (Lipinski definition) is 0. The first-order chi connectivity index (χ1) is 11.7. The average molecular weight is 377 g/mol. The summed E-state index contributed by atoms with van der Waals surface area (Å²) >= 11 is 0. The Morgan fingerprint density at radius 3 is 1.88 bits per heavy atom. The molecule has 0 saturated heterocycles. The van der Waals surface area contributed by atoms with Crippen molar-refractivity contribution in [2.45, 2.75) is 19.1 Å². The molecule has 2 fully saturated rings. The number of benzene rings is 1. The van der Waals surface area contributed by atoms with Crippen molar-refractivity contribution in [3.63, 3.8) is 0 Å². The van der Waals surface area contributed by atoms with E-state index >= 15 is 0 Å². The van der Waals surface area contributed by atoms with Gasteiger partial charge in [0.05, 0.1) is 6.10 Å². The molecule has 0 unspecified atom stereocenters. The van der Waals surface area contributed by atoms with Crippen molar-refractivity contribution in [2.24, 2.45) is 0 Å². The molecular weight excluding hydrogens is 350 g/mol. The summed E-state index contributed by atoms with van der Waals surface area (Å²) in [6.45, 7) is 3.16. The first-order valence-corrected chi connectivity index (χ1v) is 8.37. The molecule has 0 amide bonds. The summed E-state index contributed by atoms with van der Waals surface area (Å²) in [5.41, 5.74) is 1.23. The van der Waals surface area contributed by atoms with Crippen LogP contribution in [0.3, 0.4) is 0 Å². The molecule has 3 rings (SSSR count). The van der Waals surface area contributed by atoms with Gasteiger partial charge in [0.15, 0.2) is 0 Å². The van der Waals surface area contributed by atoms with Gasteiger partial charge in [0.25, 0.3) is 0 Å². The van der Waals surface area contributed by atoms with Crippen molar-refractivity contribution in [1.82, 2.24) is 4.90 Å². The van der Waals surface area contributed by atoms with Crippen LogP contribution in [-0.2, 0) is 21.8 Å². The van der Waals surface area contributed by atoms with Crippen LogP contribution in [0.25, 0.3) is 0 Å². The van der Waals surface area contributed by atoms with E-state index in [0.717, 1.165) is 6.54 Å². The normalized spacial score (nSPS) is 19.8. The maximum atomic E-state index is 5.70. The molecule has 3 heteroatoms. The number of hydrogen-bond acceptors (Lipinski definition) is 2. The van der Waals surface area contributed by atoms with Gasteiger partial charge in [-0.15, -0.1) is 0 Å². The van der Waals surface area contributed by atoms with E-state index in [1.54, 1.807) is 7.11 Å². The molecule has 0 bridgehead atoms. The molecule has 0 aliphatic heterocycles. The fraction of sp³-hybridized carbons (Fsp3) is 0.273. The Morgan fingerprint density at radius 2 is 1.40 bits per heavy atom. The summed E-state index contributed by atoms with van der Waals surface area (Å²) in [6, 6.07) is 10.7. The Kier molecular flexibility index (Phi) is 11.7. The van der Waals surface area contributed by atoms with E-state index < -0.39 is 0 Å². The zero-order chi connectivity index (χ0) is 17.2. The van der Waals surface area contributed by atoms with E-state index in [4.69, 9.17) is 4.74 Å². The number of rotatable bonds is 6. The average Bonchev–Trinajstić information content (AvgIpc) is 3.33. The maximum Gasteiger partial charge on any atom is 0.0973 e. The topological polar surface area (TPSA) is 12.5 Å². The first kappa shape index (κ1) is 22.7. The molecular formula is C22H27FeNO. The molecule has 134 valence electrons. The number of methoxy groups -OCH3 is 1. The standard InChI is InChI=1S/C17H22NO.C5H5.Fe/c1-14(18(2)13-15-9-7-8-10-15)17(19-3)16-11-5-4-6-12-16;1-2-4-5-3-1;/h4-12,14,17H,13H2,1-3H3;1-5H;/t14-,17-;;/m0../s1. The van der Waals surface area contributed by atoms with Gasteiger partial charge in [0, 0.05) is 36.8 Å². The van der Waals surface area contributed by atoms with Crippen molar-refractivity contribution >= 4 is 0 Å². The summed E-state index contributed by atoms with van der Waals surface area (Å²) < 4.78 is 5.70. The number of nitrogens with zero attached hydrogens (tertiary/aromatic N) is 1. The summed E-state index contributed by atoms with van der Waals surface area (Å²) in [4.78, 5) is 2.33. The smallest absolute Gasteiger partial charge is 0.0973 e. The number of ether oxygens (including phenoxy) is 1. The predicted octanol–water partition coefficient (Wildman–Crippen LogP) is 4.12. The van der Waals surface area contributed by atoms with Gasteiger partial charge in [-0.1, -0.05) is 30.3 Å².